The highest BCUT2D eigenvalue weighted by Crippen LogP contribution is 2.26. The molecular formula is C16H17N3O. The van der Waals surface area contributed by atoms with Gasteiger partial charge in [0.15, 0.2) is 0 Å². The standard InChI is InChI=1S/C16H17N3O/c1-11-10-14(12(2)20-11)16(17)15-8-9-18-19(15)13-6-4-3-5-7-13/h3-10,16H,17H2,1-2H3. The largest absolute Gasteiger partial charge is 0.466 e. The van der Waals surface area contributed by atoms with Gasteiger partial charge in [-0.3, -0.25) is 0 Å². The van der Waals surface area contributed by atoms with Crippen LogP contribution >= 0.6 is 0 Å². The van der Waals surface area contributed by atoms with Crippen molar-refractivity contribution in [3.05, 3.63) is 71.4 Å². The summed E-state index contributed by atoms with van der Waals surface area (Å²) in [5, 5.41) is 4.38. The van der Waals surface area contributed by atoms with Crippen molar-refractivity contribution in [3.8, 4) is 5.69 Å². The second-order valence-electron chi connectivity index (χ2n) is 4.85. The molecule has 0 spiro atoms. The van der Waals surface area contributed by atoms with Crippen LogP contribution in [0.4, 0.5) is 0 Å². The summed E-state index contributed by atoms with van der Waals surface area (Å²) in [7, 11) is 0. The van der Waals surface area contributed by atoms with Gasteiger partial charge in [0.2, 0.25) is 0 Å². The average molecular weight is 267 g/mol. The third-order valence-electron chi connectivity index (χ3n) is 3.41. The molecule has 0 aliphatic carbocycles. The van der Waals surface area contributed by atoms with Crippen LogP contribution in [-0.4, -0.2) is 9.78 Å². The van der Waals surface area contributed by atoms with Gasteiger partial charge in [-0.15, -0.1) is 0 Å². The summed E-state index contributed by atoms with van der Waals surface area (Å²) in [6.45, 7) is 3.86. The van der Waals surface area contributed by atoms with Crippen LogP contribution in [-0.2, 0) is 0 Å². The Morgan fingerprint density at radius 2 is 1.90 bits per heavy atom. The van der Waals surface area contributed by atoms with E-state index in [4.69, 9.17) is 10.2 Å². The SMILES string of the molecule is Cc1cc(C(N)c2ccnn2-c2ccccc2)c(C)o1. The summed E-state index contributed by atoms with van der Waals surface area (Å²) < 4.78 is 7.44. The van der Waals surface area contributed by atoms with Crippen molar-refractivity contribution in [2.24, 2.45) is 5.73 Å². The molecule has 0 radical (unpaired) electrons. The number of aryl methyl sites for hydroxylation is 2. The molecule has 1 unspecified atom stereocenters. The van der Waals surface area contributed by atoms with Crippen LogP contribution in [0.3, 0.4) is 0 Å². The maximum absolute atomic E-state index is 6.39. The molecule has 3 aromatic rings. The Labute approximate surface area is 117 Å². The van der Waals surface area contributed by atoms with Crippen LogP contribution < -0.4 is 5.73 Å². The summed E-state index contributed by atoms with van der Waals surface area (Å²) in [5.41, 5.74) is 9.34. The van der Waals surface area contributed by atoms with Crippen molar-refractivity contribution in [2.45, 2.75) is 19.9 Å². The summed E-state index contributed by atoms with van der Waals surface area (Å²) in [6.07, 6.45) is 1.77. The number of aromatic nitrogens is 2. The Hall–Kier alpha value is -2.33. The Kier molecular flexibility index (Phi) is 3.16. The fourth-order valence-corrected chi connectivity index (χ4v) is 2.45. The molecule has 0 amide bonds. The van der Waals surface area contributed by atoms with Crippen LogP contribution in [0.5, 0.6) is 0 Å². The van der Waals surface area contributed by atoms with Crippen LogP contribution in [0.2, 0.25) is 0 Å². The number of rotatable bonds is 3. The van der Waals surface area contributed by atoms with Gasteiger partial charge in [0.05, 0.1) is 17.4 Å². The van der Waals surface area contributed by atoms with Crippen molar-refractivity contribution in [1.29, 1.82) is 0 Å². The van der Waals surface area contributed by atoms with E-state index in [1.54, 1.807) is 6.20 Å². The lowest BCUT2D eigenvalue weighted by atomic mass is 10.1. The van der Waals surface area contributed by atoms with Gasteiger partial charge in [-0.1, -0.05) is 18.2 Å². The molecule has 2 N–H and O–H groups in total. The fraction of sp³-hybridized carbons (Fsp3) is 0.188. The molecule has 3 rings (SSSR count). The topological polar surface area (TPSA) is 57.0 Å². The van der Waals surface area contributed by atoms with Gasteiger partial charge in [0.25, 0.3) is 0 Å². The zero-order valence-electron chi connectivity index (χ0n) is 11.6. The molecule has 2 heterocycles. The summed E-state index contributed by atoms with van der Waals surface area (Å²) in [6, 6.07) is 13.7. The van der Waals surface area contributed by atoms with E-state index in [-0.39, 0.29) is 6.04 Å². The molecule has 1 aromatic carbocycles. The van der Waals surface area contributed by atoms with Crippen molar-refractivity contribution < 1.29 is 4.42 Å². The van der Waals surface area contributed by atoms with E-state index in [1.165, 1.54) is 0 Å². The van der Waals surface area contributed by atoms with Crippen molar-refractivity contribution in [2.75, 3.05) is 0 Å². The predicted molar refractivity (Wildman–Crippen MR) is 77.8 cm³/mol. The normalized spacial score (nSPS) is 12.6. The van der Waals surface area contributed by atoms with Gasteiger partial charge in [0.1, 0.15) is 11.5 Å². The maximum Gasteiger partial charge on any atom is 0.106 e. The molecule has 0 aliphatic rings. The van der Waals surface area contributed by atoms with E-state index >= 15 is 0 Å². The average Bonchev–Trinajstić information content (AvgIpc) is 3.05. The second-order valence-corrected chi connectivity index (χ2v) is 4.85. The minimum atomic E-state index is -0.254. The first-order valence-corrected chi connectivity index (χ1v) is 6.58. The van der Waals surface area contributed by atoms with Gasteiger partial charge in [-0.2, -0.15) is 5.10 Å². The molecule has 102 valence electrons. The number of nitrogens with two attached hydrogens (primary N) is 1. The van der Waals surface area contributed by atoms with E-state index in [1.807, 2.05) is 61.0 Å². The van der Waals surface area contributed by atoms with E-state index in [0.29, 0.717) is 0 Å². The first kappa shape index (κ1) is 12.7. The molecule has 1 atom stereocenters. The molecule has 0 aliphatic heterocycles. The predicted octanol–water partition coefficient (Wildman–Crippen LogP) is 3.13. The van der Waals surface area contributed by atoms with Crippen molar-refractivity contribution in [3.63, 3.8) is 0 Å². The molecule has 0 saturated heterocycles. The molecule has 0 fully saturated rings. The fourth-order valence-electron chi connectivity index (χ4n) is 2.45. The van der Waals surface area contributed by atoms with E-state index in [0.717, 1.165) is 28.5 Å². The van der Waals surface area contributed by atoms with Crippen LogP contribution in [0.25, 0.3) is 5.69 Å². The summed E-state index contributed by atoms with van der Waals surface area (Å²) >= 11 is 0. The zero-order chi connectivity index (χ0) is 14.1. The van der Waals surface area contributed by atoms with Gasteiger partial charge in [0, 0.05) is 11.8 Å². The smallest absolute Gasteiger partial charge is 0.106 e. The number of furan rings is 1. The van der Waals surface area contributed by atoms with Crippen LogP contribution in [0.1, 0.15) is 28.8 Å². The van der Waals surface area contributed by atoms with Crippen molar-refractivity contribution >= 4 is 0 Å². The molecule has 2 aromatic heterocycles. The Morgan fingerprint density at radius 1 is 1.15 bits per heavy atom. The van der Waals surface area contributed by atoms with Crippen LogP contribution in [0, 0.1) is 13.8 Å². The highest BCUT2D eigenvalue weighted by atomic mass is 16.3. The van der Waals surface area contributed by atoms with Gasteiger partial charge >= 0.3 is 0 Å². The van der Waals surface area contributed by atoms with E-state index in [9.17, 15) is 0 Å². The first-order valence-electron chi connectivity index (χ1n) is 6.58. The molecule has 4 heteroatoms. The third kappa shape index (κ3) is 2.14. The molecule has 20 heavy (non-hydrogen) atoms. The molecular weight excluding hydrogens is 250 g/mol. The lowest BCUT2D eigenvalue weighted by molar-refractivity contribution is 0.499. The van der Waals surface area contributed by atoms with E-state index < -0.39 is 0 Å². The Balaban J connectivity index is 2.04. The Bertz CT molecular complexity index is 712. The highest BCUT2D eigenvalue weighted by molar-refractivity contribution is 5.37. The van der Waals surface area contributed by atoms with Gasteiger partial charge < -0.3 is 10.2 Å². The highest BCUT2D eigenvalue weighted by Gasteiger charge is 2.19. The van der Waals surface area contributed by atoms with E-state index in [2.05, 4.69) is 5.10 Å². The maximum atomic E-state index is 6.39. The Morgan fingerprint density at radius 3 is 2.55 bits per heavy atom. The second kappa shape index (κ2) is 4.98. The lowest BCUT2D eigenvalue weighted by Gasteiger charge is -2.13. The lowest BCUT2D eigenvalue weighted by Crippen LogP contribution is -2.17. The van der Waals surface area contributed by atoms with Gasteiger partial charge in [-0.25, -0.2) is 4.68 Å². The van der Waals surface area contributed by atoms with Gasteiger partial charge in [-0.05, 0) is 38.1 Å². The number of benzene rings is 1. The first-order chi connectivity index (χ1) is 9.66. The summed E-state index contributed by atoms with van der Waals surface area (Å²) in [5.74, 6) is 1.73. The van der Waals surface area contributed by atoms with Crippen molar-refractivity contribution in [1.82, 2.24) is 9.78 Å². The minimum absolute atomic E-state index is 0.254. The number of nitrogens with zero attached hydrogens (tertiary/aromatic N) is 2. The zero-order valence-corrected chi connectivity index (χ0v) is 11.6. The third-order valence-corrected chi connectivity index (χ3v) is 3.41. The molecule has 0 bridgehead atoms. The molecule has 4 nitrogen and oxygen atoms in total. The summed E-state index contributed by atoms with van der Waals surface area (Å²) in [4.78, 5) is 0. The molecule has 0 saturated carbocycles. The quantitative estimate of drug-likeness (QED) is 0.793. The number of hydrogen-bond acceptors (Lipinski definition) is 3. The number of para-hydroxylation sites is 1. The van der Waals surface area contributed by atoms with Crippen LogP contribution in [0.15, 0.2) is 53.1 Å². The minimum Gasteiger partial charge on any atom is -0.466 e. The monoisotopic (exact) mass is 267 g/mol. The number of hydrogen-bond donors (Lipinski definition) is 1.